The first-order valence-electron chi connectivity index (χ1n) is 6.05. The number of nitrogens with zero attached hydrogens (tertiary/aromatic N) is 2. The van der Waals surface area contributed by atoms with Gasteiger partial charge >= 0.3 is 0 Å². The van der Waals surface area contributed by atoms with Crippen molar-refractivity contribution in [3.63, 3.8) is 0 Å². The number of hydrogen-bond acceptors (Lipinski definition) is 4. The van der Waals surface area contributed by atoms with E-state index in [1.54, 1.807) is 0 Å². The Labute approximate surface area is 129 Å². The molecule has 2 heterocycles. The first-order valence-corrected chi connectivity index (χ1v) is 7.31. The molecule has 1 amide bonds. The molecule has 1 aromatic heterocycles. The average Bonchev–Trinajstić information content (AvgIpc) is 2.76. The maximum atomic E-state index is 12.0. The number of halogens is 2. The lowest BCUT2D eigenvalue weighted by atomic mass is 10.3. The zero-order chi connectivity index (χ0) is 13.0. The number of hydrogen-bond donors (Lipinski definition) is 1. The predicted molar refractivity (Wildman–Crippen MR) is 82.4 cm³/mol. The number of likely N-dealkylation sites (N-methyl/N-ethyl adjacent to an activating group) is 1. The molecule has 1 fully saturated rings. The third kappa shape index (κ3) is 4.93. The van der Waals surface area contributed by atoms with Crippen molar-refractivity contribution in [2.24, 2.45) is 0 Å². The highest BCUT2D eigenvalue weighted by atomic mass is 35.5. The van der Waals surface area contributed by atoms with E-state index in [9.17, 15) is 4.79 Å². The molecular formula is C12H19Cl2N3OS. The van der Waals surface area contributed by atoms with Crippen LogP contribution in [0.5, 0.6) is 0 Å². The Kier molecular flexibility index (Phi) is 7.10. The van der Waals surface area contributed by atoms with E-state index in [-0.39, 0.29) is 18.3 Å². The largest absolute Gasteiger partial charge is 0.339 e. The number of carbonyl (C=O) groups excluding carboxylic acids is 1. The quantitative estimate of drug-likeness (QED) is 0.915. The van der Waals surface area contributed by atoms with Gasteiger partial charge in [0.2, 0.25) is 5.91 Å². The van der Waals surface area contributed by atoms with Gasteiger partial charge in [-0.3, -0.25) is 9.69 Å². The fraction of sp³-hybridized carbons (Fsp3) is 0.583. The molecule has 0 radical (unpaired) electrons. The maximum Gasteiger partial charge on any atom is 0.236 e. The van der Waals surface area contributed by atoms with E-state index >= 15 is 0 Å². The van der Waals surface area contributed by atoms with Gasteiger partial charge < -0.3 is 10.2 Å². The first kappa shape index (κ1) is 16.7. The van der Waals surface area contributed by atoms with Gasteiger partial charge in [0.05, 0.1) is 10.9 Å². The van der Waals surface area contributed by atoms with Gasteiger partial charge in [-0.1, -0.05) is 11.6 Å². The molecule has 0 spiro atoms. The Morgan fingerprint density at radius 3 is 2.79 bits per heavy atom. The molecule has 0 unspecified atom stereocenters. The Morgan fingerprint density at radius 2 is 2.21 bits per heavy atom. The molecular weight excluding hydrogens is 305 g/mol. The summed E-state index contributed by atoms with van der Waals surface area (Å²) in [5, 5.41) is 5.22. The summed E-state index contributed by atoms with van der Waals surface area (Å²) in [7, 11) is 1.95. The molecule has 1 aromatic rings. The van der Waals surface area contributed by atoms with E-state index < -0.39 is 0 Å². The molecule has 19 heavy (non-hydrogen) atoms. The van der Waals surface area contributed by atoms with Crippen LogP contribution in [-0.2, 0) is 11.3 Å². The Morgan fingerprint density at radius 1 is 1.53 bits per heavy atom. The zero-order valence-corrected chi connectivity index (χ0v) is 13.3. The van der Waals surface area contributed by atoms with Crippen molar-refractivity contribution < 1.29 is 4.79 Å². The fourth-order valence-corrected chi connectivity index (χ4v) is 2.94. The van der Waals surface area contributed by atoms with E-state index in [1.807, 2.05) is 28.3 Å². The van der Waals surface area contributed by atoms with E-state index in [2.05, 4.69) is 5.32 Å². The van der Waals surface area contributed by atoms with Crippen LogP contribution >= 0.6 is 35.3 Å². The van der Waals surface area contributed by atoms with Crippen LogP contribution in [0, 0.1) is 0 Å². The van der Waals surface area contributed by atoms with E-state index in [1.165, 1.54) is 11.3 Å². The van der Waals surface area contributed by atoms with Crippen molar-refractivity contribution in [1.82, 2.24) is 15.1 Å². The zero-order valence-electron chi connectivity index (χ0n) is 10.9. The van der Waals surface area contributed by atoms with Crippen LogP contribution < -0.4 is 5.32 Å². The average molecular weight is 324 g/mol. The maximum absolute atomic E-state index is 12.0. The molecule has 1 aliphatic heterocycles. The molecule has 1 saturated heterocycles. The van der Waals surface area contributed by atoms with Crippen LogP contribution in [0.3, 0.4) is 0 Å². The summed E-state index contributed by atoms with van der Waals surface area (Å²) in [4.78, 5) is 16.0. The molecule has 0 aliphatic carbocycles. The predicted octanol–water partition coefficient (Wildman–Crippen LogP) is 1.69. The van der Waals surface area contributed by atoms with Crippen molar-refractivity contribution in [3.05, 3.63) is 21.3 Å². The molecule has 108 valence electrons. The van der Waals surface area contributed by atoms with Gasteiger partial charge in [-0.2, -0.15) is 0 Å². The standard InChI is InChI=1S/C12H18ClN3OS.ClH/c1-15(8-10-2-7-18-12(10)13)9-11(17)16-5-3-14-4-6-16;/h2,7,14H,3-6,8-9H2,1H3;1H. The van der Waals surface area contributed by atoms with Gasteiger partial charge in [0.25, 0.3) is 0 Å². The second kappa shape index (κ2) is 8.07. The Hall–Kier alpha value is -0.330. The normalized spacial score (nSPS) is 15.4. The monoisotopic (exact) mass is 323 g/mol. The van der Waals surface area contributed by atoms with E-state index in [0.717, 1.165) is 42.6 Å². The Balaban J connectivity index is 0.00000180. The second-order valence-corrected chi connectivity index (χ2v) is 6.04. The van der Waals surface area contributed by atoms with Crippen LogP contribution in [0.2, 0.25) is 4.34 Å². The number of amides is 1. The SMILES string of the molecule is CN(CC(=O)N1CCNCC1)Cc1ccsc1Cl.Cl. The van der Waals surface area contributed by atoms with Crippen molar-refractivity contribution in [1.29, 1.82) is 0 Å². The van der Waals surface area contributed by atoms with Crippen LogP contribution in [-0.4, -0.2) is 55.5 Å². The Bertz CT molecular complexity index is 407. The van der Waals surface area contributed by atoms with Crippen LogP contribution in [0.15, 0.2) is 11.4 Å². The minimum Gasteiger partial charge on any atom is -0.339 e. The first-order chi connectivity index (χ1) is 8.66. The smallest absolute Gasteiger partial charge is 0.236 e. The van der Waals surface area contributed by atoms with Crippen LogP contribution in [0.4, 0.5) is 0 Å². The van der Waals surface area contributed by atoms with Gasteiger partial charge in [-0.25, -0.2) is 0 Å². The number of thiophene rings is 1. The summed E-state index contributed by atoms with van der Waals surface area (Å²) in [5.41, 5.74) is 1.09. The second-order valence-electron chi connectivity index (χ2n) is 4.52. The molecule has 7 heteroatoms. The molecule has 2 rings (SSSR count). The topological polar surface area (TPSA) is 35.6 Å². The van der Waals surface area contributed by atoms with Gasteiger partial charge in [0.1, 0.15) is 0 Å². The third-order valence-electron chi connectivity index (χ3n) is 3.01. The molecule has 0 bridgehead atoms. The highest BCUT2D eigenvalue weighted by molar-refractivity contribution is 7.14. The molecule has 4 nitrogen and oxygen atoms in total. The van der Waals surface area contributed by atoms with Gasteiger partial charge in [-0.15, -0.1) is 23.7 Å². The van der Waals surface area contributed by atoms with Crippen molar-refractivity contribution in [2.75, 3.05) is 39.8 Å². The number of nitrogens with one attached hydrogen (secondary N) is 1. The van der Waals surface area contributed by atoms with E-state index in [4.69, 9.17) is 11.6 Å². The van der Waals surface area contributed by atoms with Crippen molar-refractivity contribution >= 4 is 41.3 Å². The van der Waals surface area contributed by atoms with Crippen LogP contribution in [0.1, 0.15) is 5.56 Å². The highest BCUT2D eigenvalue weighted by Gasteiger charge is 2.18. The van der Waals surface area contributed by atoms with Crippen molar-refractivity contribution in [2.45, 2.75) is 6.54 Å². The van der Waals surface area contributed by atoms with Crippen LogP contribution in [0.25, 0.3) is 0 Å². The number of piperazine rings is 1. The molecule has 0 saturated carbocycles. The number of carbonyl (C=O) groups is 1. The minimum absolute atomic E-state index is 0. The fourth-order valence-electron chi connectivity index (χ4n) is 2.02. The lowest BCUT2D eigenvalue weighted by Gasteiger charge is -2.29. The summed E-state index contributed by atoms with van der Waals surface area (Å²) in [6.07, 6.45) is 0. The van der Waals surface area contributed by atoms with E-state index in [0.29, 0.717) is 6.54 Å². The minimum atomic E-state index is 0. The van der Waals surface area contributed by atoms with Gasteiger partial charge in [0, 0.05) is 32.7 Å². The summed E-state index contributed by atoms with van der Waals surface area (Å²) in [5.74, 6) is 0.199. The molecule has 1 aliphatic rings. The lowest BCUT2D eigenvalue weighted by Crippen LogP contribution is -2.49. The molecule has 0 atom stereocenters. The summed E-state index contributed by atoms with van der Waals surface area (Å²) in [6.45, 7) is 4.59. The molecule has 0 aromatic carbocycles. The molecule has 1 N–H and O–H groups in total. The summed E-state index contributed by atoms with van der Waals surface area (Å²) >= 11 is 7.59. The summed E-state index contributed by atoms with van der Waals surface area (Å²) < 4.78 is 0.816. The lowest BCUT2D eigenvalue weighted by molar-refractivity contribution is -0.132. The van der Waals surface area contributed by atoms with Gasteiger partial charge in [-0.05, 0) is 24.1 Å². The van der Waals surface area contributed by atoms with Gasteiger partial charge in [0.15, 0.2) is 0 Å². The third-order valence-corrected chi connectivity index (χ3v) is 4.26. The summed E-state index contributed by atoms with van der Waals surface area (Å²) in [6, 6.07) is 2.01. The van der Waals surface area contributed by atoms with Crippen molar-refractivity contribution in [3.8, 4) is 0 Å². The highest BCUT2D eigenvalue weighted by Crippen LogP contribution is 2.23. The number of rotatable bonds is 4.